The number of carbonyl (C=O) groups is 1. The quantitative estimate of drug-likeness (QED) is 0.865. The first-order chi connectivity index (χ1) is 12.7. The van der Waals surface area contributed by atoms with Gasteiger partial charge in [-0.25, -0.2) is 0 Å². The molecule has 0 bridgehead atoms. The number of hydrogen-bond donors (Lipinski definition) is 1. The molecule has 1 unspecified atom stereocenters. The second-order valence-electron chi connectivity index (χ2n) is 7.17. The summed E-state index contributed by atoms with van der Waals surface area (Å²) in [6.45, 7) is 5.74. The number of hydrogen-bond acceptors (Lipinski definition) is 3. The van der Waals surface area contributed by atoms with Gasteiger partial charge in [0.15, 0.2) is 0 Å². The average molecular weight is 387 g/mol. The Balaban J connectivity index is 0.00000210. The molecule has 1 atom stereocenters. The number of likely N-dealkylation sites (tertiary alicyclic amines) is 1. The predicted octanol–water partition coefficient (Wildman–Crippen LogP) is 3.92. The van der Waals surface area contributed by atoms with Crippen LogP contribution in [0.15, 0.2) is 42.5 Å². The molecule has 4 nitrogen and oxygen atoms in total. The SMILES string of the molecule is CCNC(=O)c1cccc(-c2ccc3c(c2)OCC(N2CCCC2)C3)c1.Cl. The Morgan fingerprint density at radius 3 is 2.70 bits per heavy atom. The van der Waals surface area contributed by atoms with E-state index in [9.17, 15) is 4.79 Å². The van der Waals surface area contributed by atoms with Crippen LogP contribution in [0.4, 0.5) is 0 Å². The molecule has 1 saturated heterocycles. The number of nitrogens with zero attached hydrogens (tertiary/aromatic N) is 1. The summed E-state index contributed by atoms with van der Waals surface area (Å²) in [5, 5.41) is 2.85. The van der Waals surface area contributed by atoms with E-state index in [0.717, 1.165) is 29.9 Å². The highest BCUT2D eigenvalue weighted by molar-refractivity contribution is 5.95. The highest BCUT2D eigenvalue weighted by Crippen LogP contribution is 2.32. The van der Waals surface area contributed by atoms with E-state index >= 15 is 0 Å². The third kappa shape index (κ3) is 4.28. The van der Waals surface area contributed by atoms with Crippen LogP contribution in [0.1, 0.15) is 35.7 Å². The van der Waals surface area contributed by atoms with Crippen LogP contribution in [-0.4, -0.2) is 43.1 Å². The number of rotatable bonds is 4. The molecule has 5 heteroatoms. The van der Waals surface area contributed by atoms with E-state index in [1.807, 2.05) is 31.2 Å². The Morgan fingerprint density at radius 2 is 1.93 bits per heavy atom. The van der Waals surface area contributed by atoms with Crippen molar-refractivity contribution >= 4 is 18.3 Å². The van der Waals surface area contributed by atoms with Crippen molar-refractivity contribution in [2.45, 2.75) is 32.2 Å². The zero-order valence-corrected chi connectivity index (χ0v) is 16.6. The van der Waals surface area contributed by atoms with Crippen molar-refractivity contribution in [1.82, 2.24) is 10.2 Å². The number of carbonyl (C=O) groups excluding carboxylic acids is 1. The highest BCUT2D eigenvalue weighted by atomic mass is 35.5. The topological polar surface area (TPSA) is 41.6 Å². The molecule has 2 aromatic carbocycles. The van der Waals surface area contributed by atoms with E-state index in [1.54, 1.807) is 0 Å². The maximum atomic E-state index is 12.1. The molecule has 0 aromatic heterocycles. The fourth-order valence-corrected chi connectivity index (χ4v) is 3.98. The second kappa shape index (κ2) is 8.77. The van der Waals surface area contributed by atoms with Crippen LogP contribution in [0.2, 0.25) is 0 Å². The van der Waals surface area contributed by atoms with Gasteiger partial charge < -0.3 is 10.1 Å². The zero-order valence-electron chi connectivity index (χ0n) is 15.7. The molecule has 4 rings (SSSR count). The number of benzene rings is 2. The second-order valence-corrected chi connectivity index (χ2v) is 7.17. The van der Waals surface area contributed by atoms with Gasteiger partial charge in [-0.15, -0.1) is 12.4 Å². The van der Waals surface area contributed by atoms with Gasteiger partial charge in [0.25, 0.3) is 5.91 Å². The van der Waals surface area contributed by atoms with Crippen molar-refractivity contribution < 1.29 is 9.53 Å². The molecular formula is C22H27ClN2O2. The van der Waals surface area contributed by atoms with Gasteiger partial charge in [0.1, 0.15) is 12.4 Å². The lowest BCUT2D eigenvalue weighted by Gasteiger charge is -2.32. The van der Waals surface area contributed by atoms with Crippen LogP contribution >= 0.6 is 12.4 Å². The first-order valence-electron chi connectivity index (χ1n) is 9.63. The molecule has 1 amide bonds. The minimum Gasteiger partial charge on any atom is -0.492 e. The van der Waals surface area contributed by atoms with Crippen LogP contribution in [0, 0.1) is 0 Å². The van der Waals surface area contributed by atoms with Gasteiger partial charge in [0, 0.05) is 18.2 Å². The third-order valence-corrected chi connectivity index (χ3v) is 5.41. The fourth-order valence-electron chi connectivity index (χ4n) is 3.98. The summed E-state index contributed by atoms with van der Waals surface area (Å²) in [5.74, 6) is 0.957. The Labute approximate surface area is 167 Å². The highest BCUT2D eigenvalue weighted by Gasteiger charge is 2.27. The molecule has 27 heavy (non-hydrogen) atoms. The number of nitrogens with one attached hydrogen (secondary N) is 1. The van der Waals surface area contributed by atoms with Crippen LogP contribution in [-0.2, 0) is 6.42 Å². The van der Waals surface area contributed by atoms with Crippen molar-refractivity contribution in [1.29, 1.82) is 0 Å². The first-order valence-corrected chi connectivity index (χ1v) is 9.63. The van der Waals surface area contributed by atoms with Gasteiger partial charge in [-0.05, 0) is 74.2 Å². The van der Waals surface area contributed by atoms with Gasteiger partial charge in [-0.2, -0.15) is 0 Å². The lowest BCUT2D eigenvalue weighted by Crippen LogP contribution is -2.41. The molecule has 2 aromatic rings. The van der Waals surface area contributed by atoms with Gasteiger partial charge >= 0.3 is 0 Å². The van der Waals surface area contributed by atoms with Gasteiger partial charge in [-0.3, -0.25) is 9.69 Å². The summed E-state index contributed by atoms with van der Waals surface area (Å²) in [5.41, 5.74) is 4.12. The largest absolute Gasteiger partial charge is 0.492 e. The van der Waals surface area contributed by atoms with E-state index in [-0.39, 0.29) is 18.3 Å². The fraction of sp³-hybridized carbons (Fsp3) is 0.409. The molecular weight excluding hydrogens is 360 g/mol. The van der Waals surface area contributed by atoms with E-state index in [4.69, 9.17) is 4.74 Å². The normalized spacial score (nSPS) is 18.9. The molecule has 2 aliphatic heterocycles. The summed E-state index contributed by atoms with van der Waals surface area (Å²) in [4.78, 5) is 14.6. The Bertz CT molecular complexity index is 803. The molecule has 0 saturated carbocycles. The van der Waals surface area contributed by atoms with Gasteiger partial charge in [0.2, 0.25) is 0 Å². The number of halogens is 1. The van der Waals surface area contributed by atoms with E-state index in [1.165, 1.54) is 31.5 Å². The third-order valence-electron chi connectivity index (χ3n) is 5.41. The van der Waals surface area contributed by atoms with Crippen LogP contribution in [0.5, 0.6) is 5.75 Å². The minimum absolute atomic E-state index is 0. The smallest absolute Gasteiger partial charge is 0.251 e. The number of fused-ring (bicyclic) bond motifs is 1. The van der Waals surface area contributed by atoms with E-state index < -0.39 is 0 Å². The summed E-state index contributed by atoms with van der Waals surface area (Å²) in [6, 6.07) is 14.7. The molecule has 2 aliphatic rings. The lowest BCUT2D eigenvalue weighted by molar-refractivity contribution is 0.0956. The van der Waals surface area contributed by atoms with Crippen molar-refractivity contribution in [3.8, 4) is 16.9 Å². The Morgan fingerprint density at radius 1 is 1.15 bits per heavy atom. The molecule has 2 heterocycles. The Hall–Kier alpha value is -2.04. The molecule has 0 spiro atoms. The number of amides is 1. The summed E-state index contributed by atoms with van der Waals surface area (Å²) < 4.78 is 6.11. The van der Waals surface area contributed by atoms with Gasteiger partial charge in [-0.1, -0.05) is 24.3 Å². The minimum atomic E-state index is -0.0305. The Kier molecular flexibility index (Phi) is 6.40. The molecule has 0 aliphatic carbocycles. The predicted molar refractivity (Wildman–Crippen MR) is 111 cm³/mol. The van der Waals surface area contributed by atoms with Gasteiger partial charge in [0.05, 0.1) is 0 Å². The average Bonchev–Trinajstić information content (AvgIpc) is 3.22. The maximum Gasteiger partial charge on any atom is 0.251 e. The molecule has 1 N–H and O–H groups in total. The monoisotopic (exact) mass is 386 g/mol. The van der Waals surface area contributed by atoms with Crippen molar-refractivity contribution in [3.05, 3.63) is 53.6 Å². The lowest BCUT2D eigenvalue weighted by atomic mass is 9.96. The van der Waals surface area contributed by atoms with Crippen molar-refractivity contribution in [3.63, 3.8) is 0 Å². The molecule has 0 radical (unpaired) electrons. The zero-order chi connectivity index (χ0) is 17.9. The standard InChI is InChI=1S/C22H26N2O2.ClH/c1-2-23-22(25)19-7-5-6-16(12-19)17-8-9-18-13-20(15-26-21(18)14-17)24-10-3-4-11-24;/h5-9,12,14,20H,2-4,10-11,13,15H2,1H3,(H,23,25);1H. The van der Waals surface area contributed by atoms with Crippen molar-refractivity contribution in [2.75, 3.05) is 26.2 Å². The van der Waals surface area contributed by atoms with Crippen LogP contribution < -0.4 is 10.1 Å². The molecule has 1 fully saturated rings. The van der Waals surface area contributed by atoms with E-state index in [0.29, 0.717) is 18.2 Å². The van der Waals surface area contributed by atoms with Crippen LogP contribution in [0.25, 0.3) is 11.1 Å². The van der Waals surface area contributed by atoms with Crippen LogP contribution in [0.3, 0.4) is 0 Å². The first kappa shape index (κ1) is 19.7. The molecule has 144 valence electrons. The summed E-state index contributed by atoms with van der Waals surface area (Å²) in [7, 11) is 0. The maximum absolute atomic E-state index is 12.1. The summed E-state index contributed by atoms with van der Waals surface area (Å²) in [6.07, 6.45) is 3.68. The van der Waals surface area contributed by atoms with E-state index in [2.05, 4.69) is 28.4 Å². The van der Waals surface area contributed by atoms with Crippen molar-refractivity contribution in [2.24, 2.45) is 0 Å². The number of ether oxygens (including phenoxy) is 1. The summed E-state index contributed by atoms with van der Waals surface area (Å²) >= 11 is 0.